The van der Waals surface area contributed by atoms with Crippen molar-refractivity contribution < 1.29 is 23.9 Å². The van der Waals surface area contributed by atoms with Gasteiger partial charge in [-0.15, -0.1) is 11.6 Å². The van der Waals surface area contributed by atoms with Gasteiger partial charge in [-0.05, 0) is 55.4 Å². The van der Waals surface area contributed by atoms with Crippen molar-refractivity contribution in [2.45, 2.75) is 64.4 Å². The van der Waals surface area contributed by atoms with Gasteiger partial charge in [0.05, 0.1) is 6.61 Å². The highest BCUT2D eigenvalue weighted by Gasteiger charge is 2.29. The van der Waals surface area contributed by atoms with Gasteiger partial charge in [-0.1, -0.05) is 33.3 Å². The van der Waals surface area contributed by atoms with Gasteiger partial charge < -0.3 is 31.7 Å². The summed E-state index contributed by atoms with van der Waals surface area (Å²) < 4.78 is 5.10. The first-order valence-electron chi connectivity index (χ1n) is 11.7. The van der Waals surface area contributed by atoms with Gasteiger partial charge in [0.2, 0.25) is 11.8 Å². The van der Waals surface area contributed by atoms with Crippen molar-refractivity contribution in [2.75, 3.05) is 18.5 Å². The highest BCUT2D eigenvalue weighted by atomic mass is 35.5. The van der Waals surface area contributed by atoms with Gasteiger partial charge in [-0.25, -0.2) is 9.59 Å². The van der Waals surface area contributed by atoms with Crippen LogP contribution in [0.5, 0.6) is 0 Å². The molecule has 0 heterocycles. The number of unbranched alkanes of at least 4 members (excludes halogenated alkanes) is 1. The average molecular weight is 511 g/mol. The number of anilines is 1. The number of carbonyl (C=O) groups excluding carboxylic acids is 4. The van der Waals surface area contributed by atoms with E-state index in [0.29, 0.717) is 30.0 Å². The molecule has 1 rings (SSSR count). The zero-order chi connectivity index (χ0) is 26.4. The third kappa shape index (κ3) is 11.3. The summed E-state index contributed by atoms with van der Waals surface area (Å²) >= 11 is 5.87. The maximum atomic E-state index is 13.0. The second kappa shape index (κ2) is 15.8. The van der Waals surface area contributed by atoms with Crippen LogP contribution in [0.3, 0.4) is 0 Å². The Balaban J connectivity index is 2.92. The number of primary amides is 1. The fourth-order valence-corrected chi connectivity index (χ4v) is 3.39. The monoisotopic (exact) mass is 510 g/mol. The van der Waals surface area contributed by atoms with Crippen molar-refractivity contribution >= 4 is 41.2 Å². The topological polar surface area (TPSA) is 152 Å². The summed E-state index contributed by atoms with van der Waals surface area (Å²) in [4.78, 5) is 49.1. The molecule has 1 aromatic rings. The molecule has 5 amide bonds. The van der Waals surface area contributed by atoms with Crippen LogP contribution in [-0.4, -0.2) is 49.2 Å². The first kappa shape index (κ1) is 30.0. The van der Waals surface area contributed by atoms with E-state index in [-0.39, 0.29) is 25.5 Å². The molecule has 195 valence electrons. The SMILES string of the molecule is [CH2]c1cc(NC(=O)[C@H](CCCNC(N)=O)NC(=O)[C@@H](NC(=O)OCCCC)C(C)C)ccc1CCl. The molecule has 0 unspecified atom stereocenters. The van der Waals surface area contributed by atoms with Crippen molar-refractivity contribution in [1.82, 2.24) is 16.0 Å². The Morgan fingerprint density at radius 2 is 1.83 bits per heavy atom. The first-order chi connectivity index (χ1) is 16.6. The van der Waals surface area contributed by atoms with E-state index in [0.717, 1.165) is 12.0 Å². The van der Waals surface area contributed by atoms with Gasteiger partial charge in [0.15, 0.2) is 0 Å². The van der Waals surface area contributed by atoms with Crippen molar-refractivity contribution in [1.29, 1.82) is 0 Å². The standard InChI is InChI=1S/C24H37ClN5O5/c1-5-6-12-35-24(34)30-20(15(2)3)22(32)29-19(8-7-11-27-23(26)33)21(31)28-18-10-9-17(14-25)16(4)13-18/h9-10,13,15,19-20H,4-8,11-12,14H2,1-3H3,(H,28,31)(H,29,32)(H,30,34)(H3,26,27,33)/t19-,20-/m0/s1. The predicted molar refractivity (Wildman–Crippen MR) is 136 cm³/mol. The summed E-state index contributed by atoms with van der Waals surface area (Å²) in [5.41, 5.74) is 7.10. The molecule has 0 fully saturated rings. The van der Waals surface area contributed by atoms with Crippen LogP contribution in [0, 0.1) is 12.8 Å². The van der Waals surface area contributed by atoms with Gasteiger partial charge in [0, 0.05) is 18.1 Å². The summed E-state index contributed by atoms with van der Waals surface area (Å²) in [5, 5.41) is 10.5. The van der Waals surface area contributed by atoms with E-state index >= 15 is 0 Å². The number of halogens is 1. The Labute approximate surface area is 212 Å². The Hall–Kier alpha value is -3.01. The van der Waals surface area contributed by atoms with E-state index < -0.39 is 36.0 Å². The number of nitrogens with two attached hydrogens (primary N) is 1. The van der Waals surface area contributed by atoms with Crippen LogP contribution < -0.4 is 27.0 Å². The minimum atomic E-state index is -0.933. The van der Waals surface area contributed by atoms with E-state index in [2.05, 4.69) is 28.2 Å². The molecule has 0 aliphatic rings. The second-order valence-corrected chi connectivity index (χ2v) is 8.72. The van der Waals surface area contributed by atoms with Crippen molar-refractivity contribution in [3.05, 3.63) is 36.2 Å². The summed E-state index contributed by atoms with van der Waals surface area (Å²) in [7, 11) is 0. The summed E-state index contributed by atoms with van der Waals surface area (Å²) in [6.45, 7) is 9.93. The Morgan fingerprint density at radius 1 is 1.11 bits per heavy atom. The minimum absolute atomic E-state index is 0.223. The van der Waals surface area contributed by atoms with Crippen LogP contribution in [0.1, 0.15) is 57.6 Å². The van der Waals surface area contributed by atoms with Crippen molar-refractivity contribution in [3.63, 3.8) is 0 Å². The third-order valence-corrected chi connectivity index (χ3v) is 5.46. The smallest absolute Gasteiger partial charge is 0.407 e. The molecule has 0 saturated heterocycles. The number of benzene rings is 1. The number of hydrogen-bond donors (Lipinski definition) is 5. The maximum absolute atomic E-state index is 13.0. The molecule has 1 radical (unpaired) electrons. The second-order valence-electron chi connectivity index (χ2n) is 8.46. The van der Waals surface area contributed by atoms with E-state index in [1.54, 1.807) is 32.0 Å². The molecule has 0 spiro atoms. The van der Waals surface area contributed by atoms with Crippen LogP contribution in [0.2, 0.25) is 0 Å². The maximum Gasteiger partial charge on any atom is 0.407 e. The summed E-state index contributed by atoms with van der Waals surface area (Å²) in [6.07, 6.45) is 1.50. The molecule has 0 aromatic heterocycles. The number of urea groups is 1. The summed E-state index contributed by atoms with van der Waals surface area (Å²) in [5.74, 6) is -0.941. The van der Waals surface area contributed by atoms with Crippen LogP contribution >= 0.6 is 11.6 Å². The average Bonchev–Trinajstić information content (AvgIpc) is 2.79. The van der Waals surface area contributed by atoms with E-state index in [9.17, 15) is 19.2 Å². The van der Waals surface area contributed by atoms with Gasteiger partial charge in [-0.3, -0.25) is 9.59 Å². The zero-order valence-electron chi connectivity index (χ0n) is 20.6. The molecule has 0 aliphatic carbocycles. The quantitative estimate of drug-likeness (QED) is 0.192. The molecule has 0 bridgehead atoms. The molecule has 6 N–H and O–H groups in total. The minimum Gasteiger partial charge on any atom is -0.450 e. The predicted octanol–water partition coefficient (Wildman–Crippen LogP) is 3.03. The number of carbonyl (C=O) groups is 4. The zero-order valence-corrected chi connectivity index (χ0v) is 21.4. The highest BCUT2D eigenvalue weighted by molar-refractivity contribution is 6.17. The van der Waals surface area contributed by atoms with Crippen molar-refractivity contribution in [3.8, 4) is 0 Å². The molecule has 1 aromatic carbocycles. The fourth-order valence-electron chi connectivity index (χ4n) is 3.12. The third-order valence-electron chi connectivity index (χ3n) is 5.17. The number of ether oxygens (including phenoxy) is 1. The summed E-state index contributed by atoms with van der Waals surface area (Å²) in [6, 6.07) is 2.63. The van der Waals surface area contributed by atoms with Crippen LogP contribution in [0.25, 0.3) is 0 Å². The van der Waals surface area contributed by atoms with Crippen molar-refractivity contribution in [2.24, 2.45) is 11.7 Å². The molecule has 0 aliphatic heterocycles. The van der Waals surface area contributed by atoms with Crippen LogP contribution in [0.15, 0.2) is 18.2 Å². The first-order valence-corrected chi connectivity index (χ1v) is 12.2. The lowest BCUT2D eigenvalue weighted by atomic mass is 10.0. The van der Waals surface area contributed by atoms with Crippen LogP contribution in [0.4, 0.5) is 15.3 Å². The van der Waals surface area contributed by atoms with Gasteiger partial charge in [-0.2, -0.15) is 0 Å². The number of rotatable bonds is 14. The molecular formula is C24H37ClN5O5. The van der Waals surface area contributed by atoms with Gasteiger partial charge in [0.1, 0.15) is 12.1 Å². The van der Waals surface area contributed by atoms with E-state index in [1.807, 2.05) is 6.92 Å². The Bertz CT molecular complexity index is 865. The molecular weight excluding hydrogens is 474 g/mol. The van der Waals surface area contributed by atoms with Gasteiger partial charge >= 0.3 is 12.1 Å². The normalized spacial score (nSPS) is 12.4. The number of alkyl halides is 1. The molecule has 0 saturated carbocycles. The lowest BCUT2D eigenvalue weighted by Crippen LogP contribution is -2.54. The number of nitrogens with one attached hydrogen (secondary N) is 4. The van der Waals surface area contributed by atoms with E-state index in [1.165, 1.54) is 0 Å². The molecule has 35 heavy (non-hydrogen) atoms. The molecule has 10 nitrogen and oxygen atoms in total. The number of alkyl carbamates (subject to hydrolysis) is 1. The number of amides is 5. The van der Waals surface area contributed by atoms with E-state index in [4.69, 9.17) is 22.1 Å². The Morgan fingerprint density at radius 3 is 2.40 bits per heavy atom. The van der Waals surface area contributed by atoms with Crippen LogP contribution in [-0.2, 0) is 20.2 Å². The van der Waals surface area contributed by atoms with Gasteiger partial charge in [0.25, 0.3) is 0 Å². The fraction of sp³-hybridized carbons (Fsp3) is 0.542. The Kier molecular flexibility index (Phi) is 13.6. The number of hydrogen-bond acceptors (Lipinski definition) is 5. The molecule has 11 heteroatoms. The lowest BCUT2D eigenvalue weighted by molar-refractivity contribution is -0.128. The largest absolute Gasteiger partial charge is 0.450 e. The molecule has 2 atom stereocenters. The highest BCUT2D eigenvalue weighted by Crippen LogP contribution is 2.17. The lowest BCUT2D eigenvalue weighted by Gasteiger charge is -2.25.